The molecule has 5 aromatic rings. The molecule has 0 saturated carbocycles. The molecule has 146 valence electrons. The van der Waals surface area contributed by atoms with E-state index in [4.69, 9.17) is 19.1 Å². The van der Waals surface area contributed by atoms with Crippen LogP contribution < -0.4 is 9.47 Å². The van der Waals surface area contributed by atoms with E-state index in [1.54, 1.807) is 35.7 Å². The van der Waals surface area contributed by atoms with Gasteiger partial charge in [0.2, 0.25) is 17.4 Å². The summed E-state index contributed by atoms with van der Waals surface area (Å²) in [5.41, 5.74) is 1.08. The average Bonchev–Trinajstić information content (AvgIpc) is 3.46. The summed E-state index contributed by atoms with van der Waals surface area (Å²) in [6.45, 7) is 2.35. The molecule has 0 spiro atoms. The van der Waals surface area contributed by atoms with Gasteiger partial charge in [-0.1, -0.05) is 12.1 Å². The molecule has 1 aromatic carbocycles. The fourth-order valence-corrected chi connectivity index (χ4v) is 3.16. The predicted octanol–water partition coefficient (Wildman–Crippen LogP) is 2.14. The molecule has 0 aliphatic heterocycles. The summed E-state index contributed by atoms with van der Waals surface area (Å²) in [6, 6.07) is 7.31. The molecular formula is C18H16N8O3. The fourth-order valence-electron chi connectivity index (χ4n) is 3.16. The van der Waals surface area contributed by atoms with E-state index in [-0.39, 0.29) is 0 Å². The van der Waals surface area contributed by atoms with Crippen LogP contribution in [0.2, 0.25) is 0 Å². The third-order valence-corrected chi connectivity index (χ3v) is 4.38. The van der Waals surface area contributed by atoms with E-state index in [0.29, 0.717) is 47.0 Å². The van der Waals surface area contributed by atoms with Crippen molar-refractivity contribution in [1.82, 2.24) is 39.7 Å². The molecule has 0 atom stereocenters. The van der Waals surface area contributed by atoms with Gasteiger partial charge in [0.15, 0.2) is 5.65 Å². The van der Waals surface area contributed by atoms with Crippen LogP contribution in [0.1, 0.15) is 6.92 Å². The molecule has 11 nitrogen and oxygen atoms in total. The zero-order valence-electron chi connectivity index (χ0n) is 15.9. The number of methoxy groups -OCH3 is 1. The molecular weight excluding hydrogens is 376 g/mol. The number of aryl methyl sites for hydroxylation is 1. The second-order valence-electron chi connectivity index (χ2n) is 6.19. The molecule has 29 heavy (non-hydrogen) atoms. The van der Waals surface area contributed by atoms with Crippen LogP contribution in [-0.4, -0.2) is 53.4 Å². The number of benzene rings is 1. The van der Waals surface area contributed by atoms with Gasteiger partial charge in [-0.3, -0.25) is 4.68 Å². The first kappa shape index (κ1) is 17.1. The number of hydrogen-bond acceptors (Lipinski definition) is 9. The van der Waals surface area contributed by atoms with Gasteiger partial charge in [0.25, 0.3) is 5.88 Å². The van der Waals surface area contributed by atoms with Crippen LogP contribution in [-0.2, 0) is 7.05 Å². The quantitative estimate of drug-likeness (QED) is 0.443. The lowest BCUT2D eigenvalue weighted by molar-refractivity contribution is 0.296. The van der Waals surface area contributed by atoms with Crippen LogP contribution in [0.4, 0.5) is 0 Å². The molecule has 5 rings (SSSR count). The van der Waals surface area contributed by atoms with Crippen molar-refractivity contribution in [3.63, 3.8) is 0 Å². The molecule has 0 aliphatic carbocycles. The van der Waals surface area contributed by atoms with E-state index < -0.39 is 0 Å². The highest BCUT2D eigenvalue weighted by molar-refractivity contribution is 6.04. The Bertz CT molecular complexity index is 1340. The van der Waals surface area contributed by atoms with Gasteiger partial charge in [-0.05, 0) is 18.1 Å². The zero-order valence-corrected chi connectivity index (χ0v) is 15.9. The molecule has 0 bridgehead atoms. The summed E-state index contributed by atoms with van der Waals surface area (Å²) in [7, 11) is 3.40. The summed E-state index contributed by atoms with van der Waals surface area (Å²) in [4.78, 5) is 4.36. The average molecular weight is 392 g/mol. The van der Waals surface area contributed by atoms with Gasteiger partial charge in [-0.25, -0.2) is 4.98 Å². The second kappa shape index (κ2) is 6.55. The Morgan fingerprint density at radius 1 is 1.17 bits per heavy atom. The van der Waals surface area contributed by atoms with Crippen molar-refractivity contribution < 1.29 is 14.0 Å². The molecule has 0 N–H and O–H groups in total. The Morgan fingerprint density at radius 2 is 2.07 bits per heavy atom. The number of hydrogen-bond donors (Lipinski definition) is 0. The van der Waals surface area contributed by atoms with Crippen molar-refractivity contribution in [1.29, 1.82) is 0 Å². The maximum absolute atomic E-state index is 5.56. The molecule has 0 radical (unpaired) electrons. The first-order chi connectivity index (χ1) is 14.2. The topological polar surface area (TPSA) is 118 Å². The molecule has 0 aliphatic rings. The first-order valence-corrected chi connectivity index (χ1v) is 8.87. The summed E-state index contributed by atoms with van der Waals surface area (Å²) >= 11 is 0. The van der Waals surface area contributed by atoms with Gasteiger partial charge < -0.3 is 14.0 Å². The molecule has 4 heterocycles. The highest BCUT2D eigenvalue weighted by Gasteiger charge is 2.22. The standard InChI is InChI=1S/C18H16N8O3/c1-4-28-13-8-12(29-24-13)18-21-20-17-10-6-5-7-11(27-3)14(10)15(22-26(17)18)16-19-9-25(2)23-16/h5-9H,4H2,1-3H3. The summed E-state index contributed by atoms with van der Waals surface area (Å²) in [5.74, 6) is 2.24. The number of ether oxygens (including phenoxy) is 2. The Kier molecular flexibility index (Phi) is 3.86. The van der Waals surface area contributed by atoms with Crippen molar-refractivity contribution >= 4 is 16.4 Å². The third-order valence-electron chi connectivity index (χ3n) is 4.38. The Labute approximate surface area is 163 Å². The van der Waals surface area contributed by atoms with Gasteiger partial charge in [0.05, 0.1) is 25.2 Å². The number of nitrogens with zero attached hydrogens (tertiary/aromatic N) is 8. The Balaban J connectivity index is 1.82. The lowest BCUT2D eigenvalue weighted by atomic mass is 10.1. The van der Waals surface area contributed by atoms with Crippen LogP contribution in [0, 0.1) is 0 Å². The number of fused-ring (bicyclic) bond motifs is 3. The van der Waals surface area contributed by atoms with Crippen molar-refractivity contribution in [2.24, 2.45) is 7.05 Å². The van der Waals surface area contributed by atoms with Crippen LogP contribution in [0.5, 0.6) is 11.6 Å². The Morgan fingerprint density at radius 3 is 2.83 bits per heavy atom. The molecule has 0 unspecified atom stereocenters. The van der Waals surface area contributed by atoms with Gasteiger partial charge in [0, 0.05) is 12.4 Å². The van der Waals surface area contributed by atoms with Crippen molar-refractivity contribution in [3.8, 4) is 34.7 Å². The largest absolute Gasteiger partial charge is 0.496 e. The normalized spacial score (nSPS) is 11.4. The van der Waals surface area contributed by atoms with E-state index >= 15 is 0 Å². The highest BCUT2D eigenvalue weighted by atomic mass is 16.5. The third kappa shape index (κ3) is 2.66. The van der Waals surface area contributed by atoms with E-state index in [1.165, 1.54) is 0 Å². The highest BCUT2D eigenvalue weighted by Crippen LogP contribution is 2.35. The van der Waals surface area contributed by atoms with E-state index in [0.717, 1.165) is 10.8 Å². The van der Waals surface area contributed by atoms with Gasteiger partial charge in [-0.2, -0.15) is 9.61 Å². The van der Waals surface area contributed by atoms with Crippen molar-refractivity contribution in [3.05, 3.63) is 30.6 Å². The number of rotatable bonds is 5. The maximum Gasteiger partial charge on any atom is 0.254 e. The van der Waals surface area contributed by atoms with Crippen LogP contribution in [0.15, 0.2) is 35.1 Å². The lowest BCUT2D eigenvalue weighted by Crippen LogP contribution is -2.02. The van der Waals surface area contributed by atoms with Crippen molar-refractivity contribution in [2.45, 2.75) is 6.92 Å². The van der Waals surface area contributed by atoms with Crippen LogP contribution in [0.25, 0.3) is 39.5 Å². The van der Waals surface area contributed by atoms with Crippen LogP contribution >= 0.6 is 0 Å². The predicted molar refractivity (Wildman–Crippen MR) is 102 cm³/mol. The van der Waals surface area contributed by atoms with Gasteiger partial charge in [0.1, 0.15) is 17.8 Å². The maximum atomic E-state index is 5.56. The van der Waals surface area contributed by atoms with E-state index in [1.807, 2.05) is 25.1 Å². The monoisotopic (exact) mass is 392 g/mol. The lowest BCUT2D eigenvalue weighted by Gasteiger charge is -2.09. The smallest absolute Gasteiger partial charge is 0.254 e. The van der Waals surface area contributed by atoms with Gasteiger partial charge in [-0.15, -0.1) is 15.3 Å². The minimum absolute atomic E-state index is 0.369. The fraction of sp³-hybridized carbons (Fsp3) is 0.222. The molecule has 0 amide bonds. The SMILES string of the molecule is CCOc1cc(-c2nnc3c4cccc(OC)c4c(-c4ncn(C)n4)nn23)on1. The summed E-state index contributed by atoms with van der Waals surface area (Å²) in [5, 5.41) is 23.1. The summed E-state index contributed by atoms with van der Waals surface area (Å²) in [6.07, 6.45) is 1.61. The van der Waals surface area contributed by atoms with Crippen molar-refractivity contribution in [2.75, 3.05) is 13.7 Å². The van der Waals surface area contributed by atoms with Crippen LogP contribution in [0.3, 0.4) is 0 Å². The Hall–Kier alpha value is -4.02. The zero-order chi connectivity index (χ0) is 20.0. The van der Waals surface area contributed by atoms with E-state index in [9.17, 15) is 0 Å². The second-order valence-corrected chi connectivity index (χ2v) is 6.19. The summed E-state index contributed by atoms with van der Waals surface area (Å²) < 4.78 is 19.5. The molecule has 4 aromatic heterocycles. The van der Waals surface area contributed by atoms with E-state index in [2.05, 4.69) is 25.4 Å². The number of aromatic nitrogens is 8. The minimum Gasteiger partial charge on any atom is -0.496 e. The molecule has 11 heteroatoms. The van der Waals surface area contributed by atoms with Gasteiger partial charge >= 0.3 is 0 Å². The molecule has 0 fully saturated rings. The first-order valence-electron chi connectivity index (χ1n) is 8.87. The molecule has 0 saturated heterocycles. The minimum atomic E-state index is 0.369.